The minimum Gasteiger partial charge on any atom is -0.364 e. The van der Waals surface area contributed by atoms with Crippen LogP contribution in [0, 0.1) is 0 Å². The van der Waals surface area contributed by atoms with Crippen molar-refractivity contribution in [3.05, 3.63) is 16.1 Å². The van der Waals surface area contributed by atoms with E-state index in [1.807, 2.05) is 0 Å². The number of nitrogens with one attached hydrogen (secondary N) is 1. The predicted octanol–water partition coefficient (Wildman–Crippen LogP) is 2.00. The van der Waals surface area contributed by atoms with Crippen LogP contribution in [-0.2, 0) is 0 Å². The van der Waals surface area contributed by atoms with Crippen LogP contribution in [0.1, 0.15) is 37.4 Å². The van der Waals surface area contributed by atoms with Crippen molar-refractivity contribution in [1.29, 1.82) is 0 Å². The molecule has 14 heavy (non-hydrogen) atoms. The molecule has 2 heterocycles. The van der Waals surface area contributed by atoms with Crippen LogP contribution in [-0.4, -0.2) is 23.4 Å². The lowest BCUT2D eigenvalue weighted by molar-refractivity contribution is 0.725. The molecular weight excluding hydrogens is 194 g/mol. The maximum absolute atomic E-state index is 4.55. The second-order valence-corrected chi connectivity index (χ2v) is 4.85. The van der Waals surface area contributed by atoms with Crippen LogP contribution in [0.2, 0.25) is 0 Å². The molecule has 0 spiro atoms. The Labute approximate surface area is 88.3 Å². The molecule has 0 bridgehead atoms. The van der Waals surface area contributed by atoms with E-state index >= 15 is 0 Å². The van der Waals surface area contributed by atoms with Gasteiger partial charge in [-0.3, -0.25) is 4.99 Å². The average Bonchev–Trinajstić information content (AvgIpc) is 2.70. The summed E-state index contributed by atoms with van der Waals surface area (Å²) < 4.78 is 0. The van der Waals surface area contributed by atoms with Crippen molar-refractivity contribution in [2.75, 3.05) is 6.54 Å². The van der Waals surface area contributed by atoms with E-state index < -0.39 is 0 Å². The monoisotopic (exact) mass is 209 g/mol. The highest BCUT2D eigenvalue weighted by Crippen LogP contribution is 2.19. The van der Waals surface area contributed by atoms with Crippen LogP contribution in [0.3, 0.4) is 0 Å². The van der Waals surface area contributed by atoms with Crippen LogP contribution in [0.5, 0.6) is 0 Å². The fourth-order valence-corrected chi connectivity index (χ4v) is 2.19. The van der Waals surface area contributed by atoms with Crippen molar-refractivity contribution >= 4 is 17.2 Å². The molecule has 0 amide bonds. The van der Waals surface area contributed by atoms with Gasteiger partial charge >= 0.3 is 0 Å². The second kappa shape index (κ2) is 3.69. The highest BCUT2D eigenvalue weighted by Gasteiger charge is 2.17. The molecule has 76 valence electrons. The smallest absolute Gasteiger partial charge is 0.148 e. The number of thiazole rings is 1. The fraction of sp³-hybridized carbons (Fsp3) is 0.600. The molecule has 0 saturated heterocycles. The van der Waals surface area contributed by atoms with Gasteiger partial charge in [-0.15, -0.1) is 11.3 Å². The summed E-state index contributed by atoms with van der Waals surface area (Å²) in [4.78, 5) is 8.96. The number of rotatable bonds is 2. The Kier molecular flexibility index (Phi) is 2.54. The van der Waals surface area contributed by atoms with E-state index in [1.54, 1.807) is 11.3 Å². The standard InChI is InChI=1S/C10H15N3S/c1-6(2)10-13-8(5-14-10)9-11-4-7(3)12-9/h5-7H,4H2,1-3H3,(H,11,12). The van der Waals surface area contributed by atoms with E-state index in [9.17, 15) is 0 Å². The molecule has 1 aliphatic rings. The lowest BCUT2D eigenvalue weighted by Crippen LogP contribution is -2.27. The zero-order valence-electron chi connectivity index (χ0n) is 8.74. The Hall–Kier alpha value is -0.900. The quantitative estimate of drug-likeness (QED) is 0.809. The molecule has 1 unspecified atom stereocenters. The van der Waals surface area contributed by atoms with Crippen LogP contribution in [0.4, 0.5) is 0 Å². The zero-order chi connectivity index (χ0) is 10.1. The van der Waals surface area contributed by atoms with Gasteiger partial charge in [0.05, 0.1) is 11.6 Å². The Balaban J connectivity index is 2.17. The third-order valence-corrected chi connectivity index (χ3v) is 3.31. The number of hydrogen-bond donors (Lipinski definition) is 1. The van der Waals surface area contributed by atoms with Gasteiger partial charge in [0.25, 0.3) is 0 Å². The Morgan fingerprint density at radius 3 is 2.86 bits per heavy atom. The van der Waals surface area contributed by atoms with Gasteiger partial charge < -0.3 is 5.32 Å². The number of hydrogen-bond acceptors (Lipinski definition) is 4. The normalized spacial score (nSPS) is 21.1. The second-order valence-electron chi connectivity index (χ2n) is 3.96. The molecule has 2 rings (SSSR count). The van der Waals surface area contributed by atoms with E-state index in [0.717, 1.165) is 18.1 Å². The molecule has 1 aromatic heterocycles. The van der Waals surface area contributed by atoms with Crippen molar-refractivity contribution in [2.24, 2.45) is 4.99 Å². The van der Waals surface area contributed by atoms with Crippen molar-refractivity contribution < 1.29 is 0 Å². The first-order valence-corrected chi connectivity index (χ1v) is 5.81. The topological polar surface area (TPSA) is 37.3 Å². The molecule has 1 N–H and O–H groups in total. The van der Waals surface area contributed by atoms with E-state index in [1.165, 1.54) is 5.01 Å². The average molecular weight is 209 g/mol. The van der Waals surface area contributed by atoms with Gasteiger partial charge in [-0.05, 0) is 6.92 Å². The molecule has 0 saturated carbocycles. The summed E-state index contributed by atoms with van der Waals surface area (Å²) in [5.41, 5.74) is 1.00. The van der Waals surface area contributed by atoms with Gasteiger partial charge in [0.2, 0.25) is 0 Å². The summed E-state index contributed by atoms with van der Waals surface area (Å²) in [5.74, 6) is 1.47. The SMILES string of the molecule is CC1CN=C(c2csc(C(C)C)n2)N1. The van der Waals surface area contributed by atoms with E-state index in [4.69, 9.17) is 0 Å². The number of aromatic nitrogens is 1. The third-order valence-electron chi connectivity index (χ3n) is 2.16. The molecule has 0 aromatic carbocycles. The molecule has 1 aliphatic heterocycles. The van der Waals surface area contributed by atoms with Crippen molar-refractivity contribution in [3.63, 3.8) is 0 Å². The lowest BCUT2D eigenvalue weighted by atomic mass is 10.2. The fourth-order valence-electron chi connectivity index (χ4n) is 1.37. The summed E-state index contributed by atoms with van der Waals surface area (Å²) in [6.45, 7) is 7.32. The predicted molar refractivity (Wildman–Crippen MR) is 60.2 cm³/mol. The maximum atomic E-state index is 4.55. The zero-order valence-corrected chi connectivity index (χ0v) is 9.56. The van der Waals surface area contributed by atoms with Gasteiger partial charge in [0.15, 0.2) is 0 Å². The summed E-state index contributed by atoms with van der Waals surface area (Å²) in [6, 6.07) is 0.453. The third kappa shape index (κ3) is 1.80. The first kappa shape index (κ1) is 9.65. The highest BCUT2D eigenvalue weighted by atomic mass is 32.1. The molecule has 4 heteroatoms. The molecule has 0 aliphatic carbocycles. The van der Waals surface area contributed by atoms with Crippen molar-refractivity contribution in [2.45, 2.75) is 32.7 Å². The lowest BCUT2D eigenvalue weighted by Gasteiger charge is -2.02. The maximum Gasteiger partial charge on any atom is 0.148 e. The molecular formula is C10H15N3S. The van der Waals surface area contributed by atoms with Crippen LogP contribution in [0.25, 0.3) is 0 Å². The van der Waals surface area contributed by atoms with Crippen LogP contribution < -0.4 is 5.32 Å². The summed E-state index contributed by atoms with van der Waals surface area (Å²) in [6.07, 6.45) is 0. The largest absolute Gasteiger partial charge is 0.364 e. The molecule has 0 radical (unpaired) electrons. The van der Waals surface area contributed by atoms with Gasteiger partial charge in [-0.1, -0.05) is 13.8 Å². The Morgan fingerprint density at radius 2 is 2.36 bits per heavy atom. The summed E-state index contributed by atoms with van der Waals surface area (Å²) >= 11 is 1.71. The van der Waals surface area contributed by atoms with E-state index in [-0.39, 0.29) is 0 Å². The minimum atomic E-state index is 0.453. The summed E-state index contributed by atoms with van der Waals surface area (Å²) in [7, 11) is 0. The molecule has 1 aromatic rings. The van der Waals surface area contributed by atoms with Gasteiger partial charge in [0.1, 0.15) is 11.5 Å². The Morgan fingerprint density at radius 1 is 1.57 bits per heavy atom. The van der Waals surface area contributed by atoms with E-state index in [2.05, 4.69) is 41.4 Å². The minimum absolute atomic E-state index is 0.453. The van der Waals surface area contributed by atoms with Gasteiger partial charge in [-0.2, -0.15) is 0 Å². The number of amidine groups is 1. The number of aliphatic imine (C=N–C) groups is 1. The molecule has 1 atom stereocenters. The number of nitrogens with zero attached hydrogens (tertiary/aromatic N) is 2. The first-order valence-electron chi connectivity index (χ1n) is 4.93. The van der Waals surface area contributed by atoms with Crippen molar-refractivity contribution in [3.8, 4) is 0 Å². The van der Waals surface area contributed by atoms with E-state index in [0.29, 0.717) is 12.0 Å². The molecule has 0 fully saturated rings. The summed E-state index contributed by atoms with van der Waals surface area (Å²) in [5, 5.41) is 6.58. The molecule has 3 nitrogen and oxygen atoms in total. The Bertz CT molecular complexity index is 354. The first-order chi connectivity index (χ1) is 6.66. The van der Waals surface area contributed by atoms with Crippen LogP contribution in [0.15, 0.2) is 10.4 Å². The van der Waals surface area contributed by atoms with Crippen LogP contribution >= 0.6 is 11.3 Å². The van der Waals surface area contributed by atoms with Gasteiger partial charge in [0, 0.05) is 17.3 Å². The van der Waals surface area contributed by atoms with Gasteiger partial charge in [-0.25, -0.2) is 4.98 Å². The highest BCUT2D eigenvalue weighted by molar-refractivity contribution is 7.09. The van der Waals surface area contributed by atoms with Crippen molar-refractivity contribution in [1.82, 2.24) is 10.3 Å².